The quantitative estimate of drug-likeness (QED) is 0.846. The zero-order chi connectivity index (χ0) is 13.3. The number of hydrogen-bond acceptors (Lipinski definition) is 3. The van der Waals surface area contributed by atoms with Crippen molar-refractivity contribution in [3.8, 4) is 0 Å². The molecule has 2 aliphatic rings. The summed E-state index contributed by atoms with van der Waals surface area (Å²) in [7, 11) is 0. The molecule has 19 heavy (non-hydrogen) atoms. The fraction of sp³-hybridized carbons (Fsp3) is 0.692. The van der Waals surface area contributed by atoms with Crippen LogP contribution in [0.5, 0.6) is 0 Å². The van der Waals surface area contributed by atoms with E-state index >= 15 is 0 Å². The van der Waals surface area contributed by atoms with E-state index in [1.807, 2.05) is 4.90 Å². The third-order valence-corrected chi connectivity index (χ3v) is 4.33. The number of ether oxygens (including phenoxy) is 1. The van der Waals surface area contributed by atoms with Crippen LogP contribution in [0.25, 0.3) is 0 Å². The average molecular weight is 284 g/mol. The summed E-state index contributed by atoms with van der Waals surface area (Å²) >= 11 is 5.83. The van der Waals surface area contributed by atoms with Gasteiger partial charge in [0.1, 0.15) is 0 Å². The number of hydrogen-bond donors (Lipinski definition) is 0. The van der Waals surface area contributed by atoms with E-state index in [0.29, 0.717) is 24.5 Å². The number of halogens is 1. The van der Waals surface area contributed by atoms with Crippen LogP contribution in [0.1, 0.15) is 19.3 Å². The summed E-state index contributed by atoms with van der Waals surface area (Å²) in [6.45, 7) is 3.83. The molecule has 1 spiro atoms. The van der Waals surface area contributed by atoms with E-state index in [1.165, 1.54) is 0 Å². The van der Waals surface area contributed by atoms with Gasteiger partial charge in [-0.1, -0.05) is 11.6 Å². The van der Waals surface area contributed by atoms with Crippen LogP contribution in [0, 0.1) is 5.41 Å². The fourth-order valence-electron chi connectivity index (χ4n) is 2.96. The second-order valence-electron chi connectivity index (χ2n) is 5.54. The van der Waals surface area contributed by atoms with Crippen LogP contribution in [-0.2, 0) is 16.1 Å². The number of aromatic nitrogens is 2. The molecule has 5 nitrogen and oxygen atoms in total. The highest BCUT2D eigenvalue weighted by Gasteiger charge is 2.41. The molecule has 6 heteroatoms. The summed E-state index contributed by atoms with van der Waals surface area (Å²) in [4.78, 5) is 13.9. The average Bonchev–Trinajstić information content (AvgIpc) is 3.01. The molecule has 0 saturated carbocycles. The Balaban J connectivity index is 1.60. The van der Waals surface area contributed by atoms with Gasteiger partial charge in [-0.2, -0.15) is 5.10 Å². The molecule has 0 aromatic carbocycles. The minimum atomic E-state index is 0.204. The standard InChI is InChI=1S/C13H18ClN3O2/c14-11-7-15-17(8-11)5-4-16-9-13(2-1-12(16)18)3-6-19-10-13/h7-8H,1-6,9-10H2/t13-/m1/s1. The maximum Gasteiger partial charge on any atom is 0.222 e. The van der Waals surface area contributed by atoms with E-state index in [0.717, 1.165) is 32.6 Å². The molecule has 0 N–H and O–H groups in total. The second kappa shape index (κ2) is 5.13. The van der Waals surface area contributed by atoms with Crippen molar-refractivity contribution in [1.29, 1.82) is 0 Å². The van der Waals surface area contributed by atoms with E-state index < -0.39 is 0 Å². The molecule has 104 valence electrons. The minimum Gasteiger partial charge on any atom is -0.381 e. The van der Waals surface area contributed by atoms with Gasteiger partial charge >= 0.3 is 0 Å². The molecular formula is C13H18ClN3O2. The third kappa shape index (κ3) is 2.77. The zero-order valence-corrected chi connectivity index (χ0v) is 11.6. The molecule has 2 aliphatic heterocycles. The highest BCUT2D eigenvalue weighted by atomic mass is 35.5. The Morgan fingerprint density at radius 3 is 3.00 bits per heavy atom. The second-order valence-corrected chi connectivity index (χ2v) is 5.98. The molecule has 1 atom stereocenters. The van der Waals surface area contributed by atoms with Crippen LogP contribution in [0.4, 0.5) is 0 Å². The molecule has 3 heterocycles. The van der Waals surface area contributed by atoms with Gasteiger partial charge in [-0.25, -0.2) is 0 Å². The van der Waals surface area contributed by atoms with Gasteiger partial charge in [-0.05, 0) is 12.8 Å². The predicted molar refractivity (Wildman–Crippen MR) is 70.9 cm³/mol. The van der Waals surface area contributed by atoms with E-state index in [4.69, 9.17) is 16.3 Å². The maximum absolute atomic E-state index is 12.0. The summed E-state index contributed by atoms with van der Waals surface area (Å²) in [6.07, 6.45) is 6.08. The Morgan fingerprint density at radius 1 is 1.42 bits per heavy atom. The van der Waals surface area contributed by atoms with Crippen molar-refractivity contribution < 1.29 is 9.53 Å². The van der Waals surface area contributed by atoms with Crippen molar-refractivity contribution >= 4 is 17.5 Å². The van der Waals surface area contributed by atoms with Crippen molar-refractivity contribution in [3.63, 3.8) is 0 Å². The van der Waals surface area contributed by atoms with E-state index in [9.17, 15) is 4.79 Å². The van der Waals surface area contributed by atoms with Gasteiger partial charge in [0.15, 0.2) is 0 Å². The summed E-state index contributed by atoms with van der Waals surface area (Å²) in [5, 5.41) is 4.77. The van der Waals surface area contributed by atoms with Crippen LogP contribution in [0.15, 0.2) is 12.4 Å². The highest BCUT2D eigenvalue weighted by molar-refractivity contribution is 6.30. The third-order valence-electron chi connectivity index (χ3n) is 4.13. The van der Waals surface area contributed by atoms with E-state index in [-0.39, 0.29) is 11.3 Å². The Bertz CT molecular complexity index is 468. The summed E-state index contributed by atoms with van der Waals surface area (Å²) in [5.74, 6) is 0.246. The number of amides is 1. The Hall–Kier alpha value is -1.07. The van der Waals surface area contributed by atoms with Gasteiger partial charge in [0, 0.05) is 37.7 Å². The molecule has 0 radical (unpaired) electrons. The molecule has 1 aromatic rings. The topological polar surface area (TPSA) is 47.4 Å². The summed E-state index contributed by atoms with van der Waals surface area (Å²) in [5.41, 5.74) is 0.204. The number of piperidine rings is 1. The number of carbonyl (C=O) groups excluding carboxylic acids is 1. The van der Waals surface area contributed by atoms with Gasteiger partial charge in [0.2, 0.25) is 5.91 Å². The van der Waals surface area contributed by atoms with Crippen LogP contribution in [-0.4, -0.2) is 46.9 Å². The molecular weight excluding hydrogens is 266 g/mol. The number of nitrogens with zero attached hydrogens (tertiary/aromatic N) is 3. The molecule has 0 aliphatic carbocycles. The maximum atomic E-state index is 12.0. The largest absolute Gasteiger partial charge is 0.381 e. The first-order valence-corrected chi connectivity index (χ1v) is 7.08. The lowest BCUT2D eigenvalue weighted by atomic mass is 9.79. The van der Waals surface area contributed by atoms with Gasteiger partial charge in [-0.3, -0.25) is 9.48 Å². The number of likely N-dealkylation sites (tertiary alicyclic amines) is 1. The lowest BCUT2D eigenvalue weighted by Gasteiger charge is -2.39. The smallest absolute Gasteiger partial charge is 0.222 e. The van der Waals surface area contributed by atoms with Crippen molar-refractivity contribution in [2.45, 2.75) is 25.8 Å². The van der Waals surface area contributed by atoms with E-state index in [1.54, 1.807) is 17.1 Å². The molecule has 2 saturated heterocycles. The van der Waals surface area contributed by atoms with Gasteiger partial charge in [-0.15, -0.1) is 0 Å². The molecule has 1 aromatic heterocycles. The Morgan fingerprint density at radius 2 is 2.32 bits per heavy atom. The number of carbonyl (C=O) groups is 1. The predicted octanol–water partition coefficient (Wildman–Crippen LogP) is 1.57. The molecule has 2 fully saturated rings. The molecule has 0 unspecified atom stereocenters. The Kier molecular flexibility index (Phi) is 3.50. The zero-order valence-electron chi connectivity index (χ0n) is 10.8. The van der Waals surface area contributed by atoms with Gasteiger partial charge in [0.05, 0.1) is 24.4 Å². The van der Waals surface area contributed by atoms with Crippen LogP contribution < -0.4 is 0 Å². The first-order valence-electron chi connectivity index (χ1n) is 6.70. The highest BCUT2D eigenvalue weighted by Crippen LogP contribution is 2.37. The first-order chi connectivity index (χ1) is 9.17. The van der Waals surface area contributed by atoms with Crippen LogP contribution in [0.2, 0.25) is 5.02 Å². The van der Waals surface area contributed by atoms with Crippen LogP contribution in [0.3, 0.4) is 0 Å². The lowest BCUT2D eigenvalue weighted by molar-refractivity contribution is -0.137. The Labute approximate surface area is 117 Å². The molecule has 3 rings (SSSR count). The monoisotopic (exact) mass is 283 g/mol. The first kappa shape index (κ1) is 12.9. The minimum absolute atomic E-state index is 0.204. The van der Waals surface area contributed by atoms with Gasteiger partial charge in [0.25, 0.3) is 0 Å². The van der Waals surface area contributed by atoms with Crippen molar-refractivity contribution in [2.24, 2.45) is 5.41 Å². The van der Waals surface area contributed by atoms with Crippen LogP contribution >= 0.6 is 11.6 Å². The number of rotatable bonds is 3. The van der Waals surface area contributed by atoms with Crippen molar-refractivity contribution in [3.05, 3.63) is 17.4 Å². The van der Waals surface area contributed by atoms with Crippen molar-refractivity contribution in [2.75, 3.05) is 26.3 Å². The summed E-state index contributed by atoms with van der Waals surface area (Å²) < 4.78 is 7.29. The molecule has 1 amide bonds. The lowest BCUT2D eigenvalue weighted by Crippen LogP contribution is -2.47. The normalized spacial score (nSPS) is 27.4. The van der Waals surface area contributed by atoms with Gasteiger partial charge < -0.3 is 9.64 Å². The van der Waals surface area contributed by atoms with Crippen molar-refractivity contribution in [1.82, 2.24) is 14.7 Å². The molecule has 0 bridgehead atoms. The van der Waals surface area contributed by atoms with E-state index in [2.05, 4.69) is 5.10 Å². The SMILES string of the molecule is O=C1CC[C@@]2(CCOC2)CN1CCn1cc(Cl)cn1. The fourth-order valence-corrected chi connectivity index (χ4v) is 3.12. The summed E-state index contributed by atoms with van der Waals surface area (Å²) in [6, 6.07) is 0.